The second-order valence-corrected chi connectivity index (χ2v) is 20.8. The zero-order chi connectivity index (χ0) is 46.0. The summed E-state index contributed by atoms with van der Waals surface area (Å²) in [5.41, 5.74) is 5.93. The lowest BCUT2D eigenvalue weighted by Gasteiger charge is -2.43. The number of fused-ring (bicyclic) bond motifs is 2. The van der Waals surface area contributed by atoms with Gasteiger partial charge in [-0.15, -0.1) is 6.58 Å². The highest BCUT2D eigenvalue weighted by atomic mass is 19.4. The van der Waals surface area contributed by atoms with E-state index >= 15 is 0 Å². The minimum Gasteiger partial charge on any atom is -0.379 e. The fraction of sp³-hybridized carbons (Fsp3) is 0.517. The highest BCUT2D eigenvalue weighted by molar-refractivity contribution is 6.04. The molecule has 2 saturated carbocycles. The average molecular weight is 888 g/mol. The van der Waals surface area contributed by atoms with Crippen molar-refractivity contribution < 1.29 is 33.7 Å². The molecule has 1 saturated heterocycles. The molecule has 0 amide bonds. The Morgan fingerprint density at radius 3 is 2.17 bits per heavy atom. The third-order valence-electron chi connectivity index (χ3n) is 15.9. The Kier molecular flexibility index (Phi) is 14.4. The third kappa shape index (κ3) is 10.2. The van der Waals surface area contributed by atoms with Crippen LogP contribution in [0.3, 0.4) is 0 Å². The molecule has 2 aromatic carbocycles. The Bertz CT molecular complexity index is 2280. The van der Waals surface area contributed by atoms with E-state index in [9.17, 15) is 27.6 Å². The van der Waals surface area contributed by atoms with Crippen molar-refractivity contribution in [2.45, 2.75) is 141 Å². The summed E-state index contributed by atoms with van der Waals surface area (Å²) >= 11 is 0. The van der Waals surface area contributed by atoms with E-state index in [4.69, 9.17) is 4.74 Å². The first-order valence-electron chi connectivity index (χ1n) is 24.6. The normalized spacial score (nSPS) is 28.6. The van der Waals surface area contributed by atoms with Crippen molar-refractivity contribution >= 4 is 17.3 Å². The predicted molar refractivity (Wildman–Crippen MR) is 256 cm³/mol. The fourth-order valence-electron chi connectivity index (χ4n) is 12.4. The van der Waals surface area contributed by atoms with Crippen molar-refractivity contribution in [1.82, 2.24) is 0 Å². The molecule has 7 aliphatic rings. The molecule has 4 unspecified atom stereocenters. The van der Waals surface area contributed by atoms with Crippen LogP contribution in [0.4, 0.5) is 13.2 Å². The molecule has 7 heteroatoms. The predicted octanol–water partition coefficient (Wildman–Crippen LogP) is 14.4. The van der Waals surface area contributed by atoms with Crippen molar-refractivity contribution in [2.75, 3.05) is 13.2 Å². The lowest BCUT2D eigenvalue weighted by molar-refractivity contribution is -0.122. The van der Waals surface area contributed by atoms with Gasteiger partial charge in [0.25, 0.3) is 0 Å². The van der Waals surface area contributed by atoms with E-state index in [1.54, 1.807) is 13.0 Å². The van der Waals surface area contributed by atoms with Crippen LogP contribution < -0.4 is 0 Å². The highest BCUT2D eigenvalue weighted by Gasteiger charge is 2.48. The van der Waals surface area contributed by atoms with Crippen LogP contribution in [0.2, 0.25) is 0 Å². The summed E-state index contributed by atoms with van der Waals surface area (Å²) in [5, 5.41) is 0. The molecule has 0 bridgehead atoms. The van der Waals surface area contributed by atoms with E-state index in [2.05, 4.69) is 50.8 Å². The molecule has 347 valence electrons. The topological polar surface area (TPSA) is 60.4 Å². The molecule has 2 aromatic rings. The van der Waals surface area contributed by atoms with Gasteiger partial charge in [-0.25, -0.2) is 0 Å². The summed E-state index contributed by atoms with van der Waals surface area (Å²) in [7, 11) is 0. The quantitative estimate of drug-likeness (QED) is 0.188. The van der Waals surface area contributed by atoms with Gasteiger partial charge in [0.1, 0.15) is 5.78 Å². The maximum Gasteiger partial charge on any atom is 0.416 e. The van der Waals surface area contributed by atoms with Gasteiger partial charge in [-0.3, -0.25) is 14.4 Å². The molecule has 3 fully saturated rings. The Hall–Kier alpha value is -4.36. The fourth-order valence-corrected chi connectivity index (χ4v) is 12.4. The monoisotopic (exact) mass is 888 g/mol. The number of ketones is 3. The van der Waals surface area contributed by atoms with E-state index in [1.807, 2.05) is 49.4 Å². The van der Waals surface area contributed by atoms with Gasteiger partial charge in [-0.2, -0.15) is 13.2 Å². The second-order valence-electron chi connectivity index (χ2n) is 20.8. The van der Waals surface area contributed by atoms with Gasteiger partial charge in [0.2, 0.25) is 0 Å². The molecular formula is C58H70F3O4. The van der Waals surface area contributed by atoms with Crippen molar-refractivity contribution in [3.05, 3.63) is 148 Å². The molecule has 0 N–H and O–H groups in total. The number of Topliss-reactive ketones (excluding diaryl/α,β-unsaturated/α-hetero) is 3. The van der Waals surface area contributed by atoms with Gasteiger partial charge in [0, 0.05) is 30.2 Å². The number of benzene rings is 2. The summed E-state index contributed by atoms with van der Waals surface area (Å²) in [6.07, 6.45) is 21.9. The van der Waals surface area contributed by atoms with Gasteiger partial charge in [-0.05, 0) is 155 Å². The SMILES string of the molecule is C=C(C)CCC(C(C)=O)C1Cc2cc(C3CCC(C4CCC(CC5=CC6C(=O)C(c7cccc(C8(C[C]9C=CC=C9)COC8)c7)C=C6C(C(F)(F)F)=C5)CC4)CC3)ccc2C1=O.CCC.[HH]. The number of hydrogen-bond donors (Lipinski definition) is 0. The van der Waals surface area contributed by atoms with Crippen molar-refractivity contribution in [3.8, 4) is 0 Å². The van der Waals surface area contributed by atoms with E-state index < -0.39 is 23.6 Å². The van der Waals surface area contributed by atoms with Gasteiger partial charge in [-0.1, -0.05) is 110 Å². The first-order valence-corrected chi connectivity index (χ1v) is 24.6. The van der Waals surface area contributed by atoms with Crippen LogP contribution in [0.15, 0.2) is 114 Å². The number of ether oxygens (including phenoxy) is 1. The van der Waals surface area contributed by atoms with Crippen LogP contribution in [-0.2, 0) is 26.2 Å². The van der Waals surface area contributed by atoms with E-state index in [1.165, 1.54) is 36.8 Å². The molecule has 65 heavy (non-hydrogen) atoms. The molecule has 6 aliphatic carbocycles. The zero-order valence-corrected chi connectivity index (χ0v) is 39.0. The minimum atomic E-state index is -4.55. The third-order valence-corrected chi connectivity index (χ3v) is 15.9. The van der Waals surface area contributed by atoms with Crippen LogP contribution in [0.5, 0.6) is 0 Å². The first kappa shape index (κ1) is 47.1. The molecule has 1 aliphatic heterocycles. The molecule has 4 atom stereocenters. The van der Waals surface area contributed by atoms with E-state index in [0.29, 0.717) is 61.7 Å². The van der Waals surface area contributed by atoms with E-state index in [-0.39, 0.29) is 41.6 Å². The van der Waals surface area contributed by atoms with Crippen LogP contribution >= 0.6 is 0 Å². The lowest BCUT2D eigenvalue weighted by atomic mass is 9.67. The van der Waals surface area contributed by atoms with Gasteiger partial charge in [0.15, 0.2) is 11.6 Å². The number of carbonyl (C=O) groups is 3. The van der Waals surface area contributed by atoms with Gasteiger partial charge < -0.3 is 4.74 Å². The average Bonchev–Trinajstić information content (AvgIpc) is 3.99. The first-order chi connectivity index (χ1) is 31.2. The lowest BCUT2D eigenvalue weighted by Crippen LogP contribution is -2.47. The summed E-state index contributed by atoms with van der Waals surface area (Å²) < 4.78 is 49.9. The molecule has 0 spiro atoms. The number of allylic oxidation sites excluding steroid dienone is 11. The van der Waals surface area contributed by atoms with Crippen molar-refractivity contribution in [1.29, 1.82) is 0 Å². The molecule has 0 aromatic heterocycles. The number of carbonyl (C=O) groups excluding carboxylic acids is 3. The number of halogens is 3. The Labute approximate surface area is 387 Å². The number of hydrogen-bond acceptors (Lipinski definition) is 4. The summed E-state index contributed by atoms with van der Waals surface area (Å²) in [6.45, 7) is 13.0. The largest absolute Gasteiger partial charge is 0.416 e. The van der Waals surface area contributed by atoms with Gasteiger partial charge >= 0.3 is 6.18 Å². The van der Waals surface area contributed by atoms with Crippen molar-refractivity contribution in [3.63, 3.8) is 0 Å². The summed E-state index contributed by atoms with van der Waals surface area (Å²) in [4.78, 5) is 40.1. The summed E-state index contributed by atoms with van der Waals surface area (Å²) in [6, 6.07) is 14.3. The van der Waals surface area contributed by atoms with Crippen molar-refractivity contribution in [2.24, 2.45) is 35.5 Å². The molecular weight excluding hydrogens is 818 g/mol. The Morgan fingerprint density at radius 2 is 1.55 bits per heavy atom. The minimum absolute atomic E-state index is 0. The Morgan fingerprint density at radius 1 is 0.877 bits per heavy atom. The van der Waals surface area contributed by atoms with Crippen LogP contribution in [-0.4, -0.2) is 36.7 Å². The van der Waals surface area contributed by atoms with Crippen LogP contribution in [0.1, 0.15) is 157 Å². The number of alkyl halides is 3. The van der Waals surface area contributed by atoms with Crippen LogP contribution in [0, 0.1) is 41.4 Å². The Balaban J connectivity index is 0.00000158. The molecule has 4 nitrogen and oxygen atoms in total. The second kappa shape index (κ2) is 19.9. The highest BCUT2D eigenvalue weighted by Crippen LogP contribution is 2.50. The van der Waals surface area contributed by atoms with E-state index in [0.717, 1.165) is 79.2 Å². The molecule has 1 heterocycles. The van der Waals surface area contributed by atoms with Crippen LogP contribution in [0.25, 0.3) is 0 Å². The zero-order valence-electron chi connectivity index (χ0n) is 39.0. The molecule has 1 radical (unpaired) electrons. The summed E-state index contributed by atoms with van der Waals surface area (Å²) in [5.74, 6) is 1.16. The smallest absolute Gasteiger partial charge is 0.379 e. The maximum atomic E-state index is 14.7. The standard InChI is InChI=1S/C55H60F3O4.C3H8.H2/c1-33(2)11-21-45(34(3)59)50-28-43-26-41(20-22-46(43)52(50)60)40-18-16-39(17-19-40)38-14-12-35(13-15-38)23-37-24-49-48(51(25-37)55(56,57)58)29-47(53(49)61)42-9-6-10-44(27-42)54(31-62-32-54)30-36-7-4-5-8-36;1-3-2;/h4-10,20,22,24-27,29,35,38-40,45,47,49-50H,1,11-19,21,23,28,30-32H2,2-3H3;3H2,1-2H3;1H. The maximum absolute atomic E-state index is 14.7. The van der Waals surface area contributed by atoms with Gasteiger partial charge in [0.05, 0.1) is 30.6 Å². The molecule has 9 rings (SSSR count). The number of rotatable bonds is 13.